The average Bonchev–Trinajstić information content (AvgIpc) is 2.65. The van der Waals surface area contributed by atoms with Gasteiger partial charge in [0.25, 0.3) is 0 Å². The molecule has 0 bridgehead atoms. The van der Waals surface area contributed by atoms with Crippen molar-refractivity contribution in [3.8, 4) is 12.3 Å². The van der Waals surface area contributed by atoms with Crippen molar-refractivity contribution < 1.29 is 0 Å². The molecule has 2 aromatic rings. The first kappa shape index (κ1) is 11.3. The number of allylic oxidation sites excluding steroid dienone is 1. The fourth-order valence-corrected chi connectivity index (χ4v) is 2.17. The topological polar surface area (TPSA) is 4.93 Å². The molecular weight excluding hydrogens is 206 g/mol. The summed E-state index contributed by atoms with van der Waals surface area (Å²) in [5, 5.41) is 1.22. The van der Waals surface area contributed by atoms with E-state index in [4.69, 9.17) is 6.42 Å². The predicted octanol–water partition coefficient (Wildman–Crippen LogP) is 3.95. The lowest BCUT2D eigenvalue weighted by molar-refractivity contribution is 0.874. The Labute approximate surface area is 102 Å². The SMILES string of the molecule is C#CCn1c(C=C)c(/C=C\C)c2ccccc21. The summed E-state index contributed by atoms with van der Waals surface area (Å²) in [5.41, 5.74) is 3.43. The normalized spacial score (nSPS) is 10.8. The number of hydrogen-bond acceptors (Lipinski definition) is 0. The van der Waals surface area contributed by atoms with Crippen LogP contribution in [0.4, 0.5) is 0 Å². The van der Waals surface area contributed by atoms with E-state index in [9.17, 15) is 0 Å². The third-order valence-corrected chi connectivity index (χ3v) is 2.83. The van der Waals surface area contributed by atoms with Crippen LogP contribution in [0, 0.1) is 12.3 Å². The maximum absolute atomic E-state index is 5.44. The summed E-state index contributed by atoms with van der Waals surface area (Å²) in [7, 11) is 0. The second kappa shape index (κ2) is 4.76. The molecule has 0 saturated carbocycles. The number of hydrogen-bond donors (Lipinski definition) is 0. The van der Waals surface area contributed by atoms with E-state index in [-0.39, 0.29) is 0 Å². The van der Waals surface area contributed by atoms with Crippen LogP contribution in [0.2, 0.25) is 0 Å². The number of terminal acetylenes is 1. The van der Waals surface area contributed by atoms with E-state index < -0.39 is 0 Å². The van der Waals surface area contributed by atoms with Crippen molar-refractivity contribution in [1.29, 1.82) is 0 Å². The minimum absolute atomic E-state index is 0.569. The van der Waals surface area contributed by atoms with Gasteiger partial charge in [0.05, 0.1) is 6.54 Å². The van der Waals surface area contributed by atoms with E-state index >= 15 is 0 Å². The number of para-hydroxylation sites is 1. The van der Waals surface area contributed by atoms with E-state index in [1.54, 1.807) is 0 Å². The molecule has 0 aliphatic rings. The van der Waals surface area contributed by atoms with Crippen molar-refractivity contribution >= 4 is 23.1 Å². The third-order valence-electron chi connectivity index (χ3n) is 2.83. The second-order valence-corrected chi connectivity index (χ2v) is 3.81. The molecule has 0 fully saturated rings. The molecule has 0 aliphatic heterocycles. The fourth-order valence-electron chi connectivity index (χ4n) is 2.17. The highest BCUT2D eigenvalue weighted by molar-refractivity contribution is 5.93. The summed E-state index contributed by atoms with van der Waals surface area (Å²) in [6.45, 7) is 6.47. The number of nitrogens with zero attached hydrogens (tertiary/aromatic N) is 1. The van der Waals surface area contributed by atoms with Crippen molar-refractivity contribution in [2.24, 2.45) is 0 Å². The smallest absolute Gasteiger partial charge is 0.0841 e. The Balaban J connectivity index is 2.87. The third kappa shape index (κ3) is 1.79. The Morgan fingerprint density at radius 1 is 1.41 bits per heavy atom. The van der Waals surface area contributed by atoms with Crippen LogP contribution in [-0.4, -0.2) is 4.57 Å². The molecule has 0 radical (unpaired) electrons. The van der Waals surface area contributed by atoms with Gasteiger partial charge in [0.1, 0.15) is 0 Å². The Hall–Kier alpha value is -2.20. The van der Waals surface area contributed by atoms with Crippen LogP contribution >= 0.6 is 0 Å². The molecule has 0 N–H and O–H groups in total. The summed E-state index contributed by atoms with van der Waals surface area (Å²) in [5.74, 6) is 2.70. The van der Waals surface area contributed by atoms with E-state index in [2.05, 4.69) is 35.3 Å². The van der Waals surface area contributed by atoms with Gasteiger partial charge in [-0.3, -0.25) is 0 Å². The maximum Gasteiger partial charge on any atom is 0.0841 e. The van der Waals surface area contributed by atoms with Gasteiger partial charge in [0.2, 0.25) is 0 Å². The molecular formula is C16H15N. The molecule has 17 heavy (non-hydrogen) atoms. The first-order valence-corrected chi connectivity index (χ1v) is 5.63. The molecule has 1 heterocycles. The molecule has 0 saturated heterocycles. The van der Waals surface area contributed by atoms with Gasteiger partial charge in [-0.15, -0.1) is 6.42 Å². The van der Waals surface area contributed by atoms with Crippen LogP contribution in [0.1, 0.15) is 18.2 Å². The quantitative estimate of drug-likeness (QED) is 0.692. The van der Waals surface area contributed by atoms with Crippen LogP contribution in [0.15, 0.2) is 36.9 Å². The molecule has 84 valence electrons. The van der Waals surface area contributed by atoms with Crippen LogP contribution in [-0.2, 0) is 6.54 Å². The highest BCUT2D eigenvalue weighted by atomic mass is 15.0. The Morgan fingerprint density at radius 3 is 2.82 bits per heavy atom. The van der Waals surface area contributed by atoms with Crippen molar-refractivity contribution in [1.82, 2.24) is 4.57 Å². The van der Waals surface area contributed by atoms with Gasteiger partial charge in [0.15, 0.2) is 0 Å². The first-order chi connectivity index (χ1) is 8.33. The van der Waals surface area contributed by atoms with Gasteiger partial charge in [-0.2, -0.15) is 0 Å². The molecule has 1 aromatic carbocycles. The Morgan fingerprint density at radius 2 is 2.18 bits per heavy atom. The number of rotatable bonds is 3. The van der Waals surface area contributed by atoms with Crippen LogP contribution in [0.25, 0.3) is 23.1 Å². The fraction of sp³-hybridized carbons (Fsp3) is 0.125. The standard InChI is InChI=1S/C16H15N/c1-4-9-13-14-10-7-8-11-16(14)17(12-5-2)15(13)6-3/h2,4,6-11H,3,12H2,1H3/b9-4-. The zero-order valence-corrected chi connectivity index (χ0v) is 9.98. The zero-order valence-electron chi connectivity index (χ0n) is 9.98. The molecule has 0 amide bonds. The first-order valence-electron chi connectivity index (χ1n) is 5.63. The molecule has 1 heteroatoms. The van der Waals surface area contributed by atoms with E-state index in [0.29, 0.717) is 6.54 Å². The molecule has 0 aliphatic carbocycles. The lowest BCUT2D eigenvalue weighted by Crippen LogP contribution is -1.97. The van der Waals surface area contributed by atoms with E-state index in [0.717, 1.165) is 11.2 Å². The lowest BCUT2D eigenvalue weighted by Gasteiger charge is -2.03. The lowest BCUT2D eigenvalue weighted by atomic mass is 10.1. The van der Waals surface area contributed by atoms with Gasteiger partial charge < -0.3 is 4.57 Å². The van der Waals surface area contributed by atoms with E-state index in [1.807, 2.05) is 31.2 Å². The minimum Gasteiger partial charge on any atom is -0.329 e. The maximum atomic E-state index is 5.44. The molecule has 0 spiro atoms. The van der Waals surface area contributed by atoms with E-state index in [1.165, 1.54) is 10.9 Å². The average molecular weight is 221 g/mol. The van der Waals surface area contributed by atoms with Crippen LogP contribution in [0.3, 0.4) is 0 Å². The summed E-state index contributed by atoms with van der Waals surface area (Å²) in [6.07, 6.45) is 11.4. The monoisotopic (exact) mass is 221 g/mol. The summed E-state index contributed by atoms with van der Waals surface area (Å²) in [4.78, 5) is 0. The molecule has 1 nitrogen and oxygen atoms in total. The van der Waals surface area contributed by atoms with Crippen molar-refractivity contribution in [3.05, 3.63) is 48.2 Å². The summed E-state index contributed by atoms with van der Waals surface area (Å²) in [6, 6.07) is 8.28. The van der Waals surface area contributed by atoms with Gasteiger partial charge in [-0.25, -0.2) is 0 Å². The van der Waals surface area contributed by atoms with Crippen molar-refractivity contribution in [2.75, 3.05) is 0 Å². The molecule has 0 atom stereocenters. The Bertz CT molecular complexity index is 621. The van der Waals surface area contributed by atoms with Gasteiger partial charge >= 0.3 is 0 Å². The highest BCUT2D eigenvalue weighted by Crippen LogP contribution is 2.28. The predicted molar refractivity (Wildman–Crippen MR) is 75.6 cm³/mol. The zero-order chi connectivity index (χ0) is 12.3. The molecule has 1 aromatic heterocycles. The van der Waals surface area contributed by atoms with Crippen molar-refractivity contribution in [3.63, 3.8) is 0 Å². The molecule has 2 rings (SSSR count). The van der Waals surface area contributed by atoms with Crippen molar-refractivity contribution in [2.45, 2.75) is 13.5 Å². The summed E-state index contributed by atoms with van der Waals surface area (Å²) >= 11 is 0. The second-order valence-electron chi connectivity index (χ2n) is 3.81. The molecule has 0 unspecified atom stereocenters. The van der Waals surface area contributed by atoms with Crippen LogP contribution < -0.4 is 0 Å². The van der Waals surface area contributed by atoms with Gasteiger partial charge in [-0.05, 0) is 19.1 Å². The minimum atomic E-state index is 0.569. The van der Waals surface area contributed by atoms with Gasteiger partial charge in [-0.1, -0.05) is 42.9 Å². The summed E-state index contributed by atoms with van der Waals surface area (Å²) < 4.78 is 2.12. The number of fused-ring (bicyclic) bond motifs is 1. The highest BCUT2D eigenvalue weighted by Gasteiger charge is 2.11. The largest absolute Gasteiger partial charge is 0.329 e. The number of aromatic nitrogens is 1. The van der Waals surface area contributed by atoms with Gasteiger partial charge in [0, 0.05) is 22.2 Å². The van der Waals surface area contributed by atoms with Crippen LogP contribution in [0.5, 0.6) is 0 Å². The number of benzene rings is 1. The Kier molecular flexibility index (Phi) is 3.16.